The second-order valence-electron chi connectivity index (χ2n) is 6.38. The first kappa shape index (κ1) is 18.0. The molecule has 1 aromatic carbocycles. The molecule has 0 bridgehead atoms. The van der Waals surface area contributed by atoms with E-state index >= 15 is 0 Å². The smallest absolute Gasteiger partial charge is 0.0456 e. The predicted octanol–water partition coefficient (Wildman–Crippen LogP) is 6.23. The first-order valence-electron chi connectivity index (χ1n) is 8.65. The average molecular weight is 320 g/mol. The van der Waals surface area contributed by atoms with Crippen molar-refractivity contribution in [3.63, 3.8) is 0 Å². The van der Waals surface area contributed by atoms with E-state index in [1.54, 1.807) is 0 Å². The van der Waals surface area contributed by atoms with E-state index in [-0.39, 0.29) is 0 Å². The maximum atomic E-state index is 4.77. The van der Waals surface area contributed by atoms with Gasteiger partial charge in [-0.1, -0.05) is 50.3 Å². The van der Waals surface area contributed by atoms with Crippen LogP contribution in [0.4, 0.5) is 0 Å². The van der Waals surface area contributed by atoms with Crippen LogP contribution in [0.15, 0.2) is 71.0 Å². The van der Waals surface area contributed by atoms with Gasteiger partial charge in [0.05, 0.1) is 0 Å². The highest BCUT2D eigenvalue weighted by Crippen LogP contribution is 2.21. The van der Waals surface area contributed by atoms with Crippen LogP contribution < -0.4 is 0 Å². The zero-order valence-corrected chi connectivity index (χ0v) is 15.4. The summed E-state index contributed by atoms with van der Waals surface area (Å²) in [5.74, 6) is 0.442. The number of para-hydroxylation sites is 1. The standard InChI is InChI=1S/C22H28N2/c1-6-10-18(13-17(5)24-21(7-2)16(3)4)14-19-15-23-22-12-9-8-11-20(19)22/h6-13,15-16,23H,14H2,1-5H3/b10-6-,18-13+,21-7-,24-17+. The van der Waals surface area contributed by atoms with Crippen molar-refractivity contribution in [2.45, 2.75) is 41.0 Å². The molecule has 1 heterocycles. The summed E-state index contributed by atoms with van der Waals surface area (Å²) < 4.78 is 0. The Hall–Kier alpha value is -2.35. The van der Waals surface area contributed by atoms with E-state index in [0.717, 1.165) is 17.8 Å². The molecule has 0 aliphatic carbocycles. The van der Waals surface area contributed by atoms with Crippen LogP contribution in [0, 0.1) is 5.92 Å². The number of H-pyrrole nitrogens is 1. The van der Waals surface area contributed by atoms with Crippen LogP contribution in [0.3, 0.4) is 0 Å². The average Bonchev–Trinajstić information content (AvgIpc) is 2.96. The van der Waals surface area contributed by atoms with Crippen molar-refractivity contribution in [1.29, 1.82) is 0 Å². The molecule has 0 unspecified atom stereocenters. The lowest BCUT2D eigenvalue weighted by atomic mass is 10.0. The fourth-order valence-corrected chi connectivity index (χ4v) is 2.90. The third-order valence-corrected chi connectivity index (χ3v) is 4.04. The van der Waals surface area contributed by atoms with Crippen molar-refractivity contribution in [3.8, 4) is 0 Å². The Morgan fingerprint density at radius 3 is 2.62 bits per heavy atom. The Kier molecular flexibility index (Phi) is 6.36. The van der Waals surface area contributed by atoms with Gasteiger partial charge in [-0.3, -0.25) is 4.99 Å². The maximum Gasteiger partial charge on any atom is 0.0456 e. The summed E-state index contributed by atoms with van der Waals surface area (Å²) >= 11 is 0. The summed E-state index contributed by atoms with van der Waals surface area (Å²) in [5, 5.41) is 1.29. The first-order chi connectivity index (χ1) is 11.5. The molecule has 0 fully saturated rings. The number of aromatic amines is 1. The molecular formula is C22H28N2. The fourth-order valence-electron chi connectivity index (χ4n) is 2.90. The summed E-state index contributed by atoms with van der Waals surface area (Å²) in [5.41, 5.74) is 5.95. The van der Waals surface area contributed by atoms with Gasteiger partial charge in [-0.05, 0) is 56.4 Å². The largest absolute Gasteiger partial charge is 0.361 e. The Labute approximate surface area is 145 Å². The molecule has 1 aromatic heterocycles. The number of fused-ring (bicyclic) bond motifs is 1. The van der Waals surface area contributed by atoms with Crippen molar-refractivity contribution in [1.82, 2.24) is 4.98 Å². The Bertz CT molecular complexity index is 798. The van der Waals surface area contributed by atoms with Crippen LogP contribution in [0.25, 0.3) is 10.9 Å². The van der Waals surface area contributed by atoms with E-state index in [9.17, 15) is 0 Å². The van der Waals surface area contributed by atoms with Gasteiger partial charge in [0.1, 0.15) is 0 Å². The number of allylic oxidation sites excluding steroid dienone is 6. The van der Waals surface area contributed by atoms with Gasteiger partial charge in [0.15, 0.2) is 0 Å². The van der Waals surface area contributed by atoms with Crippen LogP contribution in [0.2, 0.25) is 0 Å². The van der Waals surface area contributed by atoms with Crippen LogP contribution in [0.1, 0.15) is 40.2 Å². The number of nitrogens with one attached hydrogen (secondary N) is 1. The lowest BCUT2D eigenvalue weighted by Gasteiger charge is -2.07. The summed E-state index contributed by atoms with van der Waals surface area (Å²) in [6.07, 6.45) is 11.6. The number of hydrogen-bond acceptors (Lipinski definition) is 1. The quantitative estimate of drug-likeness (QED) is 0.482. The predicted molar refractivity (Wildman–Crippen MR) is 107 cm³/mol. The van der Waals surface area contributed by atoms with Crippen LogP contribution in [-0.2, 0) is 6.42 Å². The second-order valence-corrected chi connectivity index (χ2v) is 6.38. The zero-order valence-electron chi connectivity index (χ0n) is 15.4. The van der Waals surface area contributed by atoms with Crippen molar-refractivity contribution >= 4 is 16.6 Å². The van der Waals surface area contributed by atoms with E-state index in [0.29, 0.717) is 5.92 Å². The summed E-state index contributed by atoms with van der Waals surface area (Å²) in [7, 11) is 0. The summed E-state index contributed by atoms with van der Waals surface area (Å²) in [4.78, 5) is 8.12. The molecule has 24 heavy (non-hydrogen) atoms. The lowest BCUT2D eigenvalue weighted by Crippen LogP contribution is -1.97. The number of benzene rings is 1. The van der Waals surface area contributed by atoms with E-state index in [1.165, 1.54) is 22.0 Å². The molecule has 126 valence electrons. The summed E-state index contributed by atoms with van der Waals surface area (Å²) in [6.45, 7) is 10.5. The number of aliphatic imine (C=N–C) groups is 1. The van der Waals surface area contributed by atoms with Gasteiger partial charge in [-0.25, -0.2) is 0 Å². The molecule has 0 radical (unpaired) electrons. The van der Waals surface area contributed by atoms with Crippen LogP contribution in [0.5, 0.6) is 0 Å². The molecule has 2 heteroatoms. The lowest BCUT2D eigenvalue weighted by molar-refractivity contribution is 0.756. The molecule has 1 N–H and O–H groups in total. The maximum absolute atomic E-state index is 4.77. The summed E-state index contributed by atoms with van der Waals surface area (Å²) in [6, 6.07) is 8.44. The first-order valence-corrected chi connectivity index (χ1v) is 8.65. The third kappa shape index (κ3) is 4.58. The van der Waals surface area contributed by atoms with E-state index < -0.39 is 0 Å². The number of rotatable bonds is 6. The molecule has 2 nitrogen and oxygen atoms in total. The van der Waals surface area contributed by atoms with Gasteiger partial charge in [0.2, 0.25) is 0 Å². The highest BCUT2D eigenvalue weighted by atomic mass is 14.8. The molecule has 0 spiro atoms. The van der Waals surface area contributed by atoms with Crippen molar-refractivity contribution in [3.05, 3.63) is 71.6 Å². The van der Waals surface area contributed by atoms with Crippen LogP contribution >= 0.6 is 0 Å². The number of nitrogens with zero attached hydrogens (tertiary/aromatic N) is 1. The number of aromatic nitrogens is 1. The zero-order chi connectivity index (χ0) is 17.5. The number of hydrogen-bond donors (Lipinski definition) is 1. The SMILES string of the molecule is C\C=C/C(=C\C(C)=N\C(=C/C)C(C)C)Cc1c[nH]c2ccccc12. The molecule has 2 aromatic rings. The molecule has 2 rings (SSSR count). The Morgan fingerprint density at radius 1 is 1.21 bits per heavy atom. The molecule has 0 amide bonds. The van der Waals surface area contributed by atoms with Crippen LogP contribution in [-0.4, -0.2) is 10.7 Å². The van der Waals surface area contributed by atoms with Gasteiger partial charge < -0.3 is 4.98 Å². The minimum atomic E-state index is 0.442. The molecule has 0 saturated carbocycles. The minimum Gasteiger partial charge on any atom is -0.361 e. The molecular weight excluding hydrogens is 292 g/mol. The molecule has 0 saturated heterocycles. The van der Waals surface area contributed by atoms with E-state index in [4.69, 9.17) is 4.99 Å². The third-order valence-electron chi connectivity index (χ3n) is 4.04. The van der Waals surface area contributed by atoms with Crippen molar-refractivity contribution < 1.29 is 0 Å². The normalized spacial score (nSPS) is 14.3. The minimum absolute atomic E-state index is 0.442. The van der Waals surface area contributed by atoms with E-state index in [1.807, 2.05) is 0 Å². The highest BCUT2D eigenvalue weighted by molar-refractivity contribution is 5.94. The van der Waals surface area contributed by atoms with Crippen molar-refractivity contribution in [2.75, 3.05) is 0 Å². The fraction of sp³-hybridized carbons (Fsp3) is 0.318. The van der Waals surface area contributed by atoms with Crippen molar-refractivity contribution in [2.24, 2.45) is 10.9 Å². The highest BCUT2D eigenvalue weighted by Gasteiger charge is 2.05. The Morgan fingerprint density at radius 2 is 1.96 bits per heavy atom. The van der Waals surface area contributed by atoms with Gasteiger partial charge >= 0.3 is 0 Å². The van der Waals surface area contributed by atoms with Gasteiger partial charge in [-0.15, -0.1) is 0 Å². The van der Waals surface area contributed by atoms with Gasteiger partial charge in [-0.2, -0.15) is 0 Å². The molecule has 0 atom stereocenters. The van der Waals surface area contributed by atoms with Gasteiger partial charge in [0.25, 0.3) is 0 Å². The molecule has 0 aliphatic rings. The monoisotopic (exact) mass is 320 g/mol. The van der Waals surface area contributed by atoms with E-state index in [2.05, 4.69) is 94.4 Å². The molecule has 0 aliphatic heterocycles. The second kappa shape index (κ2) is 8.49. The topological polar surface area (TPSA) is 28.1 Å². The van der Waals surface area contributed by atoms with Gasteiger partial charge in [0, 0.05) is 28.5 Å². The Balaban J connectivity index is 2.30.